The van der Waals surface area contributed by atoms with Gasteiger partial charge in [-0.15, -0.1) is 13.2 Å². The van der Waals surface area contributed by atoms with Crippen LogP contribution in [0.25, 0.3) is 0 Å². The van der Waals surface area contributed by atoms with Gasteiger partial charge in [-0.3, -0.25) is 4.79 Å². The molecule has 6 nitrogen and oxygen atoms in total. The summed E-state index contributed by atoms with van der Waals surface area (Å²) in [5.41, 5.74) is 1.99. The number of ether oxygens (including phenoxy) is 1. The standard InChI is InChI=1S/C22H23F5N4O2/c1-13-19(30-18(32)9-15-10-21(23,24)11-15)29-17-3-2-8-31(20(17)28-13)12-14-4-6-16(7-5-14)33-22(25,26)27/h4-7,15H,2-3,8-12H2,1H3,(H,29,30,32). The SMILES string of the molecule is Cc1nc2c(nc1NC(=O)CC1CC(F)(F)C1)CCCN2Cc1ccc(OC(F)(F)F)cc1. The number of aromatic nitrogens is 2. The predicted molar refractivity (Wildman–Crippen MR) is 110 cm³/mol. The molecule has 1 aliphatic carbocycles. The van der Waals surface area contributed by atoms with Crippen molar-refractivity contribution in [3.05, 3.63) is 41.2 Å². The van der Waals surface area contributed by atoms with E-state index < -0.39 is 12.3 Å². The molecule has 1 saturated carbocycles. The Bertz CT molecular complexity index is 1020. The zero-order valence-electron chi connectivity index (χ0n) is 17.9. The van der Waals surface area contributed by atoms with Crippen LogP contribution in [0, 0.1) is 12.8 Å². The number of carbonyl (C=O) groups excluding carboxylic acids is 1. The molecule has 0 radical (unpaired) electrons. The van der Waals surface area contributed by atoms with Crippen LogP contribution in [0.5, 0.6) is 5.75 Å². The highest BCUT2D eigenvalue weighted by Gasteiger charge is 2.45. The number of carbonyl (C=O) groups is 1. The van der Waals surface area contributed by atoms with Gasteiger partial charge < -0.3 is 15.0 Å². The van der Waals surface area contributed by atoms with Crippen LogP contribution in [-0.2, 0) is 17.8 Å². The molecule has 2 aliphatic rings. The van der Waals surface area contributed by atoms with Crippen LogP contribution in [0.15, 0.2) is 24.3 Å². The molecule has 1 aliphatic heterocycles. The number of fused-ring (bicyclic) bond motifs is 1. The molecule has 4 rings (SSSR count). The lowest BCUT2D eigenvalue weighted by Crippen LogP contribution is -2.37. The fourth-order valence-electron chi connectivity index (χ4n) is 4.17. The molecule has 1 amide bonds. The van der Waals surface area contributed by atoms with Gasteiger partial charge in [0, 0.05) is 32.4 Å². The number of hydrogen-bond acceptors (Lipinski definition) is 5. The van der Waals surface area contributed by atoms with Crippen molar-refractivity contribution in [1.82, 2.24) is 9.97 Å². The molecule has 1 fully saturated rings. The predicted octanol–water partition coefficient (Wildman–Crippen LogP) is 5.01. The van der Waals surface area contributed by atoms with E-state index in [4.69, 9.17) is 0 Å². The molecule has 2 aromatic rings. The number of benzene rings is 1. The Balaban J connectivity index is 1.42. The number of halogens is 5. The van der Waals surface area contributed by atoms with Gasteiger partial charge >= 0.3 is 6.36 Å². The maximum Gasteiger partial charge on any atom is 0.573 e. The Morgan fingerprint density at radius 3 is 2.55 bits per heavy atom. The summed E-state index contributed by atoms with van der Waals surface area (Å²) < 4.78 is 66.9. The van der Waals surface area contributed by atoms with Crippen molar-refractivity contribution in [3.63, 3.8) is 0 Å². The Morgan fingerprint density at radius 2 is 1.91 bits per heavy atom. The van der Waals surface area contributed by atoms with Crippen molar-refractivity contribution in [1.29, 1.82) is 0 Å². The van der Waals surface area contributed by atoms with Crippen LogP contribution in [0.2, 0.25) is 0 Å². The minimum Gasteiger partial charge on any atom is -0.406 e. The number of anilines is 2. The van der Waals surface area contributed by atoms with Gasteiger partial charge in [0.2, 0.25) is 11.8 Å². The third kappa shape index (κ3) is 5.88. The fourth-order valence-corrected chi connectivity index (χ4v) is 4.17. The van der Waals surface area contributed by atoms with E-state index in [1.54, 1.807) is 19.1 Å². The lowest BCUT2D eigenvalue weighted by atomic mass is 9.79. The first-order chi connectivity index (χ1) is 15.5. The molecule has 2 heterocycles. The van der Waals surface area contributed by atoms with Gasteiger partial charge in [-0.1, -0.05) is 12.1 Å². The van der Waals surface area contributed by atoms with Gasteiger partial charge in [0.05, 0.1) is 11.4 Å². The molecule has 0 bridgehead atoms. The van der Waals surface area contributed by atoms with E-state index >= 15 is 0 Å². The van der Waals surface area contributed by atoms with Gasteiger partial charge in [-0.25, -0.2) is 18.7 Å². The summed E-state index contributed by atoms with van der Waals surface area (Å²) in [6, 6.07) is 5.66. The lowest BCUT2D eigenvalue weighted by Gasteiger charge is -2.34. The number of aryl methyl sites for hydroxylation is 2. The van der Waals surface area contributed by atoms with Gasteiger partial charge in [0.1, 0.15) is 5.75 Å². The van der Waals surface area contributed by atoms with Crippen LogP contribution < -0.4 is 15.0 Å². The van der Waals surface area contributed by atoms with Crippen LogP contribution in [0.4, 0.5) is 33.6 Å². The third-order valence-electron chi connectivity index (χ3n) is 5.70. The minimum atomic E-state index is -4.74. The monoisotopic (exact) mass is 470 g/mol. The smallest absolute Gasteiger partial charge is 0.406 e. The van der Waals surface area contributed by atoms with E-state index in [0.717, 1.165) is 12.0 Å². The van der Waals surface area contributed by atoms with E-state index in [1.807, 2.05) is 4.90 Å². The van der Waals surface area contributed by atoms with E-state index in [0.29, 0.717) is 42.5 Å². The molecule has 0 unspecified atom stereocenters. The molecular formula is C22H23F5N4O2. The first-order valence-electron chi connectivity index (χ1n) is 10.6. The fraction of sp³-hybridized carbons (Fsp3) is 0.500. The molecule has 1 aromatic heterocycles. The normalized spacial score (nSPS) is 17.8. The molecule has 178 valence electrons. The largest absolute Gasteiger partial charge is 0.573 e. The summed E-state index contributed by atoms with van der Waals surface area (Å²) in [6.45, 7) is 2.83. The van der Waals surface area contributed by atoms with E-state index in [2.05, 4.69) is 20.0 Å². The highest BCUT2D eigenvalue weighted by atomic mass is 19.4. The number of amides is 1. The highest BCUT2D eigenvalue weighted by molar-refractivity contribution is 5.90. The summed E-state index contributed by atoms with van der Waals surface area (Å²) >= 11 is 0. The van der Waals surface area contributed by atoms with Crippen molar-refractivity contribution in [2.24, 2.45) is 5.92 Å². The molecule has 1 N–H and O–H groups in total. The summed E-state index contributed by atoms with van der Waals surface area (Å²) in [5, 5.41) is 2.69. The van der Waals surface area contributed by atoms with Crippen LogP contribution in [-0.4, -0.2) is 34.7 Å². The number of alkyl halides is 5. The zero-order chi connectivity index (χ0) is 23.8. The summed E-state index contributed by atoms with van der Waals surface area (Å²) in [4.78, 5) is 23.4. The third-order valence-corrected chi connectivity index (χ3v) is 5.70. The van der Waals surface area contributed by atoms with Crippen LogP contribution in [0.3, 0.4) is 0 Å². The van der Waals surface area contributed by atoms with Crippen molar-refractivity contribution in [2.75, 3.05) is 16.8 Å². The number of nitrogens with one attached hydrogen (secondary N) is 1. The Morgan fingerprint density at radius 1 is 1.21 bits per heavy atom. The molecule has 0 saturated heterocycles. The number of nitrogens with zero attached hydrogens (tertiary/aromatic N) is 3. The molecule has 0 spiro atoms. The Kier molecular flexibility index (Phi) is 6.15. The number of hydrogen-bond donors (Lipinski definition) is 1. The Hall–Kier alpha value is -2.98. The Labute approximate surface area is 187 Å². The quantitative estimate of drug-likeness (QED) is 0.602. The van der Waals surface area contributed by atoms with Gasteiger partial charge in [-0.2, -0.15) is 0 Å². The van der Waals surface area contributed by atoms with Crippen LogP contribution >= 0.6 is 0 Å². The maximum atomic E-state index is 13.0. The molecular weight excluding hydrogens is 447 g/mol. The van der Waals surface area contributed by atoms with Crippen molar-refractivity contribution in [3.8, 4) is 5.75 Å². The van der Waals surface area contributed by atoms with Gasteiger partial charge in [-0.05, 0) is 43.4 Å². The average molecular weight is 470 g/mol. The van der Waals surface area contributed by atoms with Gasteiger partial charge in [0.25, 0.3) is 0 Å². The van der Waals surface area contributed by atoms with Crippen molar-refractivity contribution in [2.45, 2.75) is 57.9 Å². The van der Waals surface area contributed by atoms with E-state index in [-0.39, 0.29) is 36.8 Å². The van der Waals surface area contributed by atoms with Crippen LogP contribution in [0.1, 0.15) is 42.6 Å². The topological polar surface area (TPSA) is 67.4 Å². The lowest BCUT2D eigenvalue weighted by molar-refractivity contribution is -0.274. The highest BCUT2D eigenvalue weighted by Crippen LogP contribution is 2.44. The summed E-state index contributed by atoms with van der Waals surface area (Å²) in [5.74, 6) is -2.66. The summed E-state index contributed by atoms with van der Waals surface area (Å²) in [6.07, 6.45) is -3.80. The minimum absolute atomic E-state index is 0.0218. The second-order valence-corrected chi connectivity index (χ2v) is 8.53. The molecule has 11 heteroatoms. The zero-order valence-corrected chi connectivity index (χ0v) is 17.9. The molecule has 0 atom stereocenters. The van der Waals surface area contributed by atoms with Gasteiger partial charge in [0.15, 0.2) is 11.6 Å². The summed E-state index contributed by atoms with van der Waals surface area (Å²) in [7, 11) is 0. The first kappa shape index (κ1) is 23.2. The molecule has 33 heavy (non-hydrogen) atoms. The first-order valence-corrected chi connectivity index (χ1v) is 10.6. The second-order valence-electron chi connectivity index (χ2n) is 8.53. The van der Waals surface area contributed by atoms with E-state index in [1.165, 1.54) is 12.1 Å². The second kappa shape index (κ2) is 8.75. The van der Waals surface area contributed by atoms with Crippen molar-refractivity contribution >= 4 is 17.5 Å². The van der Waals surface area contributed by atoms with Crippen molar-refractivity contribution < 1.29 is 31.5 Å². The van der Waals surface area contributed by atoms with E-state index in [9.17, 15) is 26.7 Å². The molecule has 1 aromatic carbocycles. The maximum absolute atomic E-state index is 13.0. The number of rotatable bonds is 6. The average Bonchev–Trinajstić information content (AvgIpc) is 2.68.